The van der Waals surface area contributed by atoms with Crippen LogP contribution in [0.15, 0.2) is 12.4 Å². The number of nitrogens with two attached hydrogens (primary N) is 1. The van der Waals surface area contributed by atoms with Crippen LogP contribution in [0.3, 0.4) is 0 Å². The molecule has 98 valence electrons. The Morgan fingerprint density at radius 2 is 2.22 bits per heavy atom. The van der Waals surface area contributed by atoms with E-state index in [-0.39, 0.29) is 0 Å². The second kappa shape index (κ2) is 5.58. The van der Waals surface area contributed by atoms with Crippen LogP contribution in [0, 0.1) is 0 Å². The maximum Gasteiger partial charge on any atom is 0.157 e. The monoisotopic (exact) mass is 266 g/mol. The Hall–Kier alpha value is -1.27. The van der Waals surface area contributed by atoms with Crippen molar-refractivity contribution >= 4 is 23.0 Å². The zero-order valence-electron chi connectivity index (χ0n) is 10.7. The predicted molar refractivity (Wildman–Crippen MR) is 74.8 cm³/mol. The van der Waals surface area contributed by atoms with E-state index in [1.165, 1.54) is 0 Å². The fourth-order valence-corrected chi connectivity index (χ4v) is 2.52. The maximum atomic E-state index is 5.70. The standard InChI is InChI=1S/C12H18N4OS/c1-8-7-9(17-2)3-6-16(8)12-10(11(13)18)14-4-5-15-12/h4-5,8-9H,3,6-7H2,1-2H3,(H2,13,18). The Labute approximate surface area is 112 Å². The first-order valence-electron chi connectivity index (χ1n) is 6.03. The topological polar surface area (TPSA) is 64.3 Å². The third-order valence-electron chi connectivity index (χ3n) is 3.35. The molecule has 0 spiro atoms. The van der Waals surface area contributed by atoms with Crippen LogP contribution < -0.4 is 10.6 Å². The van der Waals surface area contributed by atoms with Gasteiger partial charge in [-0.3, -0.25) is 0 Å². The molecule has 2 unspecified atom stereocenters. The Kier molecular flexibility index (Phi) is 4.08. The zero-order chi connectivity index (χ0) is 13.1. The van der Waals surface area contributed by atoms with Crippen molar-refractivity contribution in [3.63, 3.8) is 0 Å². The first kappa shape index (κ1) is 13.2. The molecule has 2 rings (SSSR count). The highest BCUT2D eigenvalue weighted by atomic mass is 32.1. The van der Waals surface area contributed by atoms with Gasteiger partial charge in [0, 0.05) is 32.1 Å². The Balaban J connectivity index is 2.24. The van der Waals surface area contributed by atoms with E-state index in [4.69, 9.17) is 22.7 Å². The maximum absolute atomic E-state index is 5.70. The summed E-state index contributed by atoms with van der Waals surface area (Å²) in [5.74, 6) is 0.784. The largest absolute Gasteiger partial charge is 0.388 e. The zero-order valence-corrected chi connectivity index (χ0v) is 11.5. The van der Waals surface area contributed by atoms with Crippen LogP contribution in [0.5, 0.6) is 0 Å². The lowest BCUT2D eigenvalue weighted by molar-refractivity contribution is 0.0719. The molecule has 0 saturated carbocycles. The van der Waals surface area contributed by atoms with Crippen molar-refractivity contribution in [3.8, 4) is 0 Å². The molecule has 0 aromatic carbocycles. The second-order valence-electron chi connectivity index (χ2n) is 4.52. The smallest absolute Gasteiger partial charge is 0.157 e. The summed E-state index contributed by atoms with van der Waals surface area (Å²) in [5, 5.41) is 0. The molecule has 2 heterocycles. The molecule has 1 aliphatic rings. The van der Waals surface area contributed by atoms with E-state index in [0.717, 1.165) is 25.2 Å². The third-order valence-corrected chi connectivity index (χ3v) is 3.54. The normalized spacial score (nSPS) is 24.0. The minimum Gasteiger partial charge on any atom is -0.388 e. The van der Waals surface area contributed by atoms with Gasteiger partial charge in [-0.2, -0.15) is 0 Å². The van der Waals surface area contributed by atoms with Gasteiger partial charge in [0.05, 0.1) is 6.10 Å². The Morgan fingerprint density at radius 3 is 2.83 bits per heavy atom. The predicted octanol–water partition coefficient (Wildman–Crippen LogP) is 1.11. The molecule has 1 fully saturated rings. The molecular weight excluding hydrogens is 248 g/mol. The van der Waals surface area contributed by atoms with E-state index < -0.39 is 0 Å². The van der Waals surface area contributed by atoms with Crippen LogP contribution in [0.25, 0.3) is 0 Å². The van der Waals surface area contributed by atoms with E-state index in [9.17, 15) is 0 Å². The van der Waals surface area contributed by atoms with Crippen molar-refractivity contribution in [3.05, 3.63) is 18.1 Å². The van der Waals surface area contributed by atoms with Gasteiger partial charge < -0.3 is 15.4 Å². The number of nitrogens with zero attached hydrogens (tertiary/aromatic N) is 3. The highest BCUT2D eigenvalue weighted by Crippen LogP contribution is 2.26. The molecule has 6 heteroatoms. The summed E-state index contributed by atoms with van der Waals surface area (Å²) in [7, 11) is 1.76. The molecule has 2 atom stereocenters. The van der Waals surface area contributed by atoms with Crippen molar-refractivity contribution in [2.24, 2.45) is 5.73 Å². The molecule has 0 amide bonds. The third kappa shape index (κ3) is 2.59. The fraction of sp³-hybridized carbons (Fsp3) is 0.583. The average Bonchev–Trinajstić information content (AvgIpc) is 2.38. The minimum atomic E-state index is 0.291. The molecule has 1 aromatic rings. The van der Waals surface area contributed by atoms with Crippen molar-refractivity contribution in [2.75, 3.05) is 18.6 Å². The van der Waals surface area contributed by atoms with E-state index >= 15 is 0 Å². The van der Waals surface area contributed by atoms with E-state index in [1.54, 1.807) is 19.5 Å². The quantitative estimate of drug-likeness (QED) is 0.827. The Bertz CT molecular complexity index is 440. The van der Waals surface area contributed by atoms with E-state index in [1.807, 2.05) is 0 Å². The lowest BCUT2D eigenvalue weighted by atomic mass is 10.0. The minimum absolute atomic E-state index is 0.291. The number of anilines is 1. The molecule has 2 N–H and O–H groups in total. The number of piperidine rings is 1. The van der Waals surface area contributed by atoms with Gasteiger partial charge in [0.2, 0.25) is 0 Å². The number of hydrogen-bond acceptors (Lipinski definition) is 5. The van der Waals surface area contributed by atoms with Crippen LogP contribution in [-0.4, -0.2) is 40.8 Å². The van der Waals surface area contributed by atoms with Gasteiger partial charge >= 0.3 is 0 Å². The van der Waals surface area contributed by atoms with Crippen LogP contribution in [-0.2, 0) is 4.74 Å². The lowest BCUT2D eigenvalue weighted by Gasteiger charge is -2.38. The summed E-state index contributed by atoms with van der Waals surface area (Å²) in [6.07, 6.45) is 5.57. The highest BCUT2D eigenvalue weighted by molar-refractivity contribution is 7.80. The van der Waals surface area contributed by atoms with Gasteiger partial charge in [-0.15, -0.1) is 0 Å². The van der Waals surface area contributed by atoms with Crippen molar-refractivity contribution < 1.29 is 4.74 Å². The van der Waals surface area contributed by atoms with Crippen molar-refractivity contribution in [1.82, 2.24) is 9.97 Å². The van der Waals surface area contributed by atoms with Gasteiger partial charge in [-0.1, -0.05) is 12.2 Å². The van der Waals surface area contributed by atoms with E-state index in [2.05, 4.69) is 21.8 Å². The van der Waals surface area contributed by atoms with Crippen LogP contribution in [0.1, 0.15) is 25.5 Å². The average molecular weight is 266 g/mol. The van der Waals surface area contributed by atoms with Gasteiger partial charge in [0.25, 0.3) is 0 Å². The first-order valence-corrected chi connectivity index (χ1v) is 6.44. The number of methoxy groups -OCH3 is 1. The summed E-state index contributed by atoms with van der Waals surface area (Å²) in [6, 6.07) is 0.341. The number of thiocarbonyl (C=S) groups is 1. The molecule has 0 radical (unpaired) electrons. The van der Waals surface area contributed by atoms with Crippen molar-refractivity contribution in [1.29, 1.82) is 0 Å². The molecule has 18 heavy (non-hydrogen) atoms. The molecule has 0 bridgehead atoms. The molecule has 0 aliphatic carbocycles. The fourth-order valence-electron chi connectivity index (χ4n) is 2.37. The highest BCUT2D eigenvalue weighted by Gasteiger charge is 2.28. The molecular formula is C12H18N4OS. The summed E-state index contributed by atoms with van der Waals surface area (Å²) >= 11 is 5.03. The van der Waals surface area contributed by atoms with Crippen LogP contribution in [0.4, 0.5) is 5.82 Å². The molecule has 1 aromatic heterocycles. The summed E-state index contributed by atoms with van der Waals surface area (Å²) in [6.45, 7) is 3.04. The lowest BCUT2D eigenvalue weighted by Crippen LogP contribution is -2.44. The summed E-state index contributed by atoms with van der Waals surface area (Å²) in [4.78, 5) is 11.1. The van der Waals surface area contributed by atoms with E-state index in [0.29, 0.717) is 22.8 Å². The first-order chi connectivity index (χ1) is 8.63. The van der Waals surface area contributed by atoms with Gasteiger partial charge in [0.1, 0.15) is 10.7 Å². The number of rotatable bonds is 3. The Morgan fingerprint density at radius 1 is 1.50 bits per heavy atom. The summed E-state index contributed by atoms with van der Waals surface area (Å²) in [5.41, 5.74) is 6.30. The van der Waals surface area contributed by atoms with Gasteiger partial charge in [-0.25, -0.2) is 9.97 Å². The van der Waals surface area contributed by atoms with Crippen molar-refractivity contribution in [2.45, 2.75) is 31.9 Å². The summed E-state index contributed by atoms with van der Waals surface area (Å²) < 4.78 is 5.41. The number of ether oxygens (including phenoxy) is 1. The van der Waals surface area contributed by atoms with Crippen LogP contribution >= 0.6 is 12.2 Å². The van der Waals surface area contributed by atoms with Gasteiger partial charge in [0.15, 0.2) is 5.82 Å². The second-order valence-corrected chi connectivity index (χ2v) is 4.96. The molecule has 1 aliphatic heterocycles. The van der Waals surface area contributed by atoms with Crippen LogP contribution in [0.2, 0.25) is 0 Å². The van der Waals surface area contributed by atoms with Gasteiger partial charge in [-0.05, 0) is 19.8 Å². The number of hydrogen-bond donors (Lipinski definition) is 1. The molecule has 1 saturated heterocycles. The molecule has 5 nitrogen and oxygen atoms in total. The number of aromatic nitrogens is 2. The SMILES string of the molecule is COC1CCN(c2nccnc2C(N)=S)C(C)C1.